The van der Waals surface area contributed by atoms with Crippen LogP contribution in [0.5, 0.6) is 5.88 Å². The van der Waals surface area contributed by atoms with E-state index in [1.807, 2.05) is 0 Å². The molecule has 0 aliphatic heterocycles. The van der Waals surface area contributed by atoms with E-state index in [-0.39, 0.29) is 46.9 Å². The molecule has 1 aromatic heterocycles. The molecule has 0 aliphatic rings. The van der Waals surface area contributed by atoms with Gasteiger partial charge in [-0.3, -0.25) is 0 Å². The van der Waals surface area contributed by atoms with Gasteiger partial charge >= 0.3 is 11.5 Å². The van der Waals surface area contributed by atoms with Gasteiger partial charge in [0.05, 0.1) is 12.2 Å². The first-order valence-corrected chi connectivity index (χ1v) is 7.94. The molecule has 0 atom stereocenters. The molecule has 0 saturated carbocycles. The fraction of sp³-hybridized carbons (Fsp3) is 0.286. The van der Waals surface area contributed by atoms with Gasteiger partial charge in [-0.25, -0.2) is 8.88 Å². The average molecular weight is 378 g/mol. The smallest absolute Gasteiger partial charge is 0.446 e. The number of alkyl halides is 3. The third-order valence-corrected chi connectivity index (χ3v) is 3.83. The molecule has 0 fully saturated rings. The lowest BCUT2D eigenvalue weighted by Crippen LogP contribution is -2.12. The van der Waals surface area contributed by atoms with Crippen LogP contribution < -0.4 is 4.74 Å². The predicted octanol–water partition coefficient (Wildman–Crippen LogP) is 3.94. The number of nitrogens with zero attached hydrogens (tertiary/aromatic N) is 2. The van der Waals surface area contributed by atoms with Crippen molar-refractivity contribution in [3.8, 4) is 5.88 Å². The normalized spacial score (nSPS) is 11.4. The molecule has 0 spiro atoms. The number of aromatic nitrogens is 2. The number of thioether (sulfide) groups is 1. The highest BCUT2D eigenvalue weighted by Crippen LogP contribution is 2.39. The summed E-state index contributed by atoms with van der Waals surface area (Å²) in [5.41, 5.74) is -4.38. The molecule has 0 N–H and O–H groups in total. The maximum Gasteiger partial charge on any atom is 0.446 e. The van der Waals surface area contributed by atoms with Crippen LogP contribution >= 0.6 is 24.6 Å². The Balaban J connectivity index is 2.33. The molecule has 0 amide bonds. The molecule has 0 aliphatic carbocycles. The van der Waals surface area contributed by atoms with Gasteiger partial charge in [-0.15, -0.1) is 5.10 Å². The zero-order chi connectivity index (χ0) is 17.7. The van der Waals surface area contributed by atoms with Crippen molar-refractivity contribution in [3.63, 3.8) is 0 Å². The van der Waals surface area contributed by atoms with Crippen LogP contribution in [0.3, 0.4) is 0 Å². The minimum atomic E-state index is -4.49. The highest BCUT2D eigenvalue weighted by Gasteiger charge is 2.31. The SMILES string of the molecule is CCOC(=O)c1cccc(SC(F)(F)F)c1COc1ccn(S)n1. The number of hydrogen-bond acceptors (Lipinski definition) is 6. The van der Waals surface area contributed by atoms with Crippen molar-refractivity contribution in [2.45, 2.75) is 23.9 Å². The summed E-state index contributed by atoms with van der Waals surface area (Å²) >= 11 is 3.63. The van der Waals surface area contributed by atoms with Gasteiger partial charge in [-0.05, 0) is 43.6 Å². The van der Waals surface area contributed by atoms with E-state index >= 15 is 0 Å². The summed E-state index contributed by atoms with van der Waals surface area (Å²) in [7, 11) is 0. The van der Waals surface area contributed by atoms with Gasteiger partial charge in [0.2, 0.25) is 5.88 Å². The van der Waals surface area contributed by atoms with Crippen molar-refractivity contribution in [1.82, 2.24) is 9.19 Å². The number of hydrogen-bond donors (Lipinski definition) is 1. The van der Waals surface area contributed by atoms with E-state index in [0.717, 1.165) is 0 Å². The Morgan fingerprint density at radius 3 is 2.71 bits per heavy atom. The molecule has 0 radical (unpaired) electrons. The van der Waals surface area contributed by atoms with Gasteiger partial charge in [0, 0.05) is 22.7 Å². The molecule has 0 bridgehead atoms. The van der Waals surface area contributed by atoms with E-state index in [1.54, 1.807) is 6.92 Å². The number of ether oxygens (including phenoxy) is 2. The molecule has 2 rings (SSSR count). The lowest BCUT2D eigenvalue weighted by atomic mass is 10.1. The Morgan fingerprint density at radius 1 is 1.38 bits per heavy atom. The van der Waals surface area contributed by atoms with Crippen LogP contribution in [0.1, 0.15) is 22.8 Å². The van der Waals surface area contributed by atoms with Crippen LogP contribution in [0, 0.1) is 0 Å². The number of carbonyl (C=O) groups excluding carboxylic acids is 1. The molecule has 0 saturated heterocycles. The second-order valence-corrected chi connectivity index (χ2v) is 5.93. The molecule has 10 heteroatoms. The highest BCUT2D eigenvalue weighted by molar-refractivity contribution is 8.00. The Morgan fingerprint density at radius 2 is 2.12 bits per heavy atom. The monoisotopic (exact) mass is 378 g/mol. The molecule has 5 nitrogen and oxygen atoms in total. The number of carbonyl (C=O) groups is 1. The lowest BCUT2D eigenvalue weighted by Gasteiger charge is -2.15. The molecular weight excluding hydrogens is 365 g/mol. The number of rotatable bonds is 6. The number of thiol groups is 1. The van der Waals surface area contributed by atoms with Gasteiger partial charge in [0.1, 0.15) is 6.61 Å². The van der Waals surface area contributed by atoms with Crippen LogP contribution in [0.2, 0.25) is 0 Å². The summed E-state index contributed by atoms with van der Waals surface area (Å²) in [6.45, 7) is 1.46. The third-order valence-electron chi connectivity index (χ3n) is 2.77. The van der Waals surface area contributed by atoms with Crippen LogP contribution in [-0.4, -0.2) is 27.3 Å². The van der Waals surface area contributed by atoms with Crippen molar-refractivity contribution in [2.24, 2.45) is 0 Å². The number of benzene rings is 1. The van der Waals surface area contributed by atoms with Crippen LogP contribution in [0.25, 0.3) is 0 Å². The summed E-state index contributed by atoms with van der Waals surface area (Å²) in [6, 6.07) is 5.54. The van der Waals surface area contributed by atoms with Crippen molar-refractivity contribution in [2.75, 3.05) is 6.61 Å². The van der Waals surface area contributed by atoms with Crippen molar-refractivity contribution in [1.29, 1.82) is 0 Å². The summed E-state index contributed by atoms with van der Waals surface area (Å²) in [4.78, 5) is 11.9. The largest absolute Gasteiger partial charge is 0.472 e. The average Bonchev–Trinajstić information content (AvgIpc) is 2.90. The van der Waals surface area contributed by atoms with Gasteiger partial charge in [-0.2, -0.15) is 13.2 Å². The van der Waals surface area contributed by atoms with E-state index < -0.39 is 11.5 Å². The molecule has 1 aromatic carbocycles. The van der Waals surface area contributed by atoms with E-state index in [1.165, 1.54) is 34.5 Å². The number of esters is 1. The van der Waals surface area contributed by atoms with Crippen LogP contribution in [0.15, 0.2) is 35.4 Å². The summed E-state index contributed by atoms with van der Waals surface area (Å²) in [5.74, 6) is -0.535. The van der Waals surface area contributed by atoms with Crippen molar-refractivity contribution >= 4 is 30.5 Å². The molecule has 0 unspecified atom stereocenters. The standard InChI is InChI=1S/C14H13F3N2O3S2/c1-2-21-13(20)9-4-3-5-11(24-14(15,16)17)10(9)8-22-12-6-7-19(23)18-12/h3-7,23H,2,8H2,1H3. The second-order valence-electron chi connectivity index (χ2n) is 4.41. The first kappa shape index (κ1) is 18.5. The zero-order valence-electron chi connectivity index (χ0n) is 12.4. The molecule has 2 aromatic rings. The van der Waals surface area contributed by atoms with E-state index in [2.05, 4.69) is 17.9 Å². The number of halogens is 3. The van der Waals surface area contributed by atoms with Gasteiger partial charge < -0.3 is 9.47 Å². The fourth-order valence-corrected chi connectivity index (χ4v) is 2.70. The van der Waals surface area contributed by atoms with Crippen molar-refractivity contribution in [3.05, 3.63) is 41.6 Å². The topological polar surface area (TPSA) is 53.4 Å². The molecule has 1 heterocycles. The van der Waals surface area contributed by atoms with Crippen molar-refractivity contribution < 1.29 is 27.4 Å². The zero-order valence-corrected chi connectivity index (χ0v) is 14.1. The predicted molar refractivity (Wildman–Crippen MR) is 85.3 cm³/mol. The van der Waals surface area contributed by atoms with Gasteiger partial charge in [0.25, 0.3) is 0 Å². The van der Waals surface area contributed by atoms with E-state index in [0.29, 0.717) is 0 Å². The molecule has 130 valence electrons. The first-order chi connectivity index (χ1) is 11.3. The quantitative estimate of drug-likeness (QED) is 0.469. The van der Waals surface area contributed by atoms with E-state index in [4.69, 9.17) is 9.47 Å². The highest BCUT2D eigenvalue weighted by atomic mass is 32.2. The van der Waals surface area contributed by atoms with E-state index in [9.17, 15) is 18.0 Å². The Labute approximate surface area is 145 Å². The van der Waals surface area contributed by atoms with Gasteiger partial charge in [0.15, 0.2) is 0 Å². The summed E-state index contributed by atoms with van der Waals surface area (Å²) in [6.07, 6.45) is 1.50. The minimum absolute atomic E-state index is 0.0245. The first-order valence-electron chi connectivity index (χ1n) is 6.72. The summed E-state index contributed by atoms with van der Waals surface area (Å²) < 4.78 is 49.7. The third kappa shape index (κ3) is 5.10. The van der Waals surface area contributed by atoms with Crippen LogP contribution in [0.4, 0.5) is 13.2 Å². The maximum absolute atomic E-state index is 12.7. The Kier molecular flexibility index (Phi) is 6.05. The Hall–Kier alpha value is -1.81. The Bertz CT molecular complexity index is 720. The minimum Gasteiger partial charge on any atom is -0.472 e. The fourth-order valence-electron chi connectivity index (χ4n) is 1.86. The lowest BCUT2D eigenvalue weighted by molar-refractivity contribution is -0.0328. The second kappa shape index (κ2) is 7.84. The molecule has 24 heavy (non-hydrogen) atoms. The van der Waals surface area contributed by atoms with Gasteiger partial charge in [-0.1, -0.05) is 6.07 Å². The summed E-state index contributed by atoms with van der Waals surface area (Å²) in [5, 5.41) is 3.85. The van der Waals surface area contributed by atoms with Crippen LogP contribution in [-0.2, 0) is 11.3 Å². The maximum atomic E-state index is 12.7. The molecular formula is C14H13F3N2O3S2.